The molecule has 0 bridgehead atoms. The van der Waals surface area contributed by atoms with E-state index in [0.717, 1.165) is 5.56 Å². The first kappa shape index (κ1) is 19.6. The van der Waals surface area contributed by atoms with Crippen molar-refractivity contribution in [3.05, 3.63) is 59.1 Å². The quantitative estimate of drug-likeness (QED) is 0.702. The molecule has 1 atom stereocenters. The summed E-state index contributed by atoms with van der Waals surface area (Å²) >= 11 is 5.95. The van der Waals surface area contributed by atoms with Crippen LogP contribution in [0.15, 0.2) is 48.5 Å². The molecule has 138 valence electrons. The Morgan fingerprint density at radius 2 is 1.77 bits per heavy atom. The molecule has 2 aromatic rings. The molecule has 2 rings (SSSR count). The van der Waals surface area contributed by atoms with Crippen molar-refractivity contribution < 1.29 is 24.2 Å². The summed E-state index contributed by atoms with van der Waals surface area (Å²) < 4.78 is 10.6. The normalized spacial score (nSPS) is 11.5. The van der Waals surface area contributed by atoms with E-state index in [1.54, 1.807) is 36.4 Å². The summed E-state index contributed by atoms with van der Waals surface area (Å²) in [6, 6.07) is 14.0. The molecule has 0 aromatic heterocycles. The Morgan fingerprint density at radius 3 is 2.42 bits per heavy atom. The topological polar surface area (TPSA) is 84.9 Å². The van der Waals surface area contributed by atoms with E-state index in [1.807, 2.05) is 12.1 Å². The molecule has 0 saturated heterocycles. The fourth-order valence-electron chi connectivity index (χ4n) is 2.38. The van der Waals surface area contributed by atoms with E-state index in [-0.39, 0.29) is 19.6 Å². The fraction of sp³-hybridized carbons (Fsp3) is 0.263. The molecule has 0 saturated carbocycles. The number of amides is 1. The van der Waals surface area contributed by atoms with Gasteiger partial charge in [-0.2, -0.15) is 0 Å². The van der Waals surface area contributed by atoms with Gasteiger partial charge in [0.05, 0.1) is 18.1 Å². The van der Waals surface area contributed by atoms with Crippen LogP contribution in [0.4, 0.5) is 0 Å². The largest absolute Gasteiger partial charge is 0.496 e. The standard InChI is InChI=1S/C19H20ClNO5/c1-25-16-8-4-2-6-13(16)10-14(19(23)24)11-21-18(22)12-26-17-9-5-3-7-15(17)20/h2-9,14H,10-12H2,1H3,(H,21,22)(H,23,24). The highest BCUT2D eigenvalue weighted by atomic mass is 35.5. The minimum absolute atomic E-state index is 0.0158. The summed E-state index contributed by atoms with van der Waals surface area (Å²) in [7, 11) is 1.53. The second kappa shape index (κ2) is 9.68. The van der Waals surface area contributed by atoms with Crippen molar-refractivity contribution >= 4 is 23.5 Å². The molecule has 1 amide bonds. The van der Waals surface area contributed by atoms with Gasteiger partial charge in [0.2, 0.25) is 0 Å². The third-order valence-corrected chi connectivity index (χ3v) is 4.06. The molecule has 26 heavy (non-hydrogen) atoms. The van der Waals surface area contributed by atoms with Gasteiger partial charge >= 0.3 is 5.97 Å². The molecule has 0 radical (unpaired) electrons. The molecule has 0 fully saturated rings. The van der Waals surface area contributed by atoms with Gasteiger partial charge in [-0.3, -0.25) is 9.59 Å². The van der Waals surface area contributed by atoms with Crippen LogP contribution in [-0.2, 0) is 16.0 Å². The van der Waals surface area contributed by atoms with Crippen molar-refractivity contribution in [2.24, 2.45) is 5.92 Å². The average Bonchev–Trinajstić information content (AvgIpc) is 2.64. The van der Waals surface area contributed by atoms with Crippen LogP contribution >= 0.6 is 11.6 Å². The van der Waals surface area contributed by atoms with Gasteiger partial charge in [-0.05, 0) is 30.2 Å². The van der Waals surface area contributed by atoms with Crippen molar-refractivity contribution in [1.82, 2.24) is 5.32 Å². The Kier molecular flexibility index (Phi) is 7.29. The molecule has 0 aliphatic heterocycles. The summed E-state index contributed by atoms with van der Waals surface area (Å²) in [5.74, 6) is -1.18. The van der Waals surface area contributed by atoms with Crippen LogP contribution in [0.5, 0.6) is 11.5 Å². The molecular formula is C19H20ClNO5. The zero-order valence-corrected chi connectivity index (χ0v) is 15.0. The summed E-state index contributed by atoms with van der Waals surface area (Å²) in [6.45, 7) is -0.261. The molecular weight excluding hydrogens is 358 g/mol. The SMILES string of the molecule is COc1ccccc1CC(CNC(=O)COc1ccccc1Cl)C(=O)O. The highest BCUT2D eigenvalue weighted by Gasteiger charge is 2.20. The van der Waals surface area contributed by atoms with Crippen LogP contribution in [0.3, 0.4) is 0 Å². The van der Waals surface area contributed by atoms with Gasteiger partial charge in [0.25, 0.3) is 5.91 Å². The summed E-state index contributed by atoms with van der Waals surface area (Å²) in [5.41, 5.74) is 0.768. The lowest BCUT2D eigenvalue weighted by atomic mass is 9.98. The van der Waals surface area contributed by atoms with Gasteiger partial charge in [0.1, 0.15) is 11.5 Å². The number of halogens is 1. The number of carbonyl (C=O) groups excluding carboxylic acids is 1. The van der Waals surface area contributed by atoms with Crippen LogP contribution in [0.25, 0.3) is 0 Å². The third-order valence-electron chi connectivity index (χ3n) is 3.75. The number of ether oxygens (including phenoxy) is 2. The van der Waals surface area contributed by atoms with Gasteiger partial charge in [-0.1, -0.05) is 41.9 Å². The van der Waals surface area contributed by atoms with Gasteiger partial charge in [0, 0.05) is 6.54 Å². The number of rotatable bonds is 9. The Hall–Kier alpha value is -2.73. The van der Waals surface area contributed by atoms with Crippen LogP contribution in [-0.4, -0.2) is 37.2 Å². The molecule has 1 unspecified atom stereocenters. The number of benzene rings is 2. The van der Waals surface area contributed by atoms with Crippen LogP contribution in [0, 0.1) is 5.92 Å². The third kappa shape index (κ3) is 5.67. The average molecular weight is 378 g/mol. The Bertz CT molecular complexity index is 765. The van der Waals surface area contributed by atoms with Gasteiger partial charge in [0.15, 0.2) is 6.61 Å². The lowest BCUT2D eigenvalue weighted by molar-refractivity contribution is -0.141. The maximum absolute atomic E-state index is 11.9. The number of aliphatic carboxylic acids is 1. The summed E-state index contributed by atoms with van der Waals surface area (Å²) in [5, 5.41) is 12.4. The maximum Gasteiger partial charge on any atom is 0.308 e. The van der Waals surface area contributed by atoms with Crippen molar-refractivity contribution in [3.63, 3.8) is 0 Å². The Labute approximate surface area is 156 Å². The molecule has 6 nitrogen and oxygen atoms in total. The van der Waals surface area contributed by atoms with Crippen molar-refractivity contribution in [2.45, 2.75) is 6.42 Å². The number of hydrogen-bond acceptors (Lipinski definition) is 4. The van der Waals surface area contributed by atoms with E-state index in [2.05, 4.69) is 5.32 Å². The molecule has 7 heteroatoms. The lowest BCUT2D eigenvalue weighted by Gasteiger charge is -2.15. The highest BCUT2D eigenvalue weighted by molar-refractivity contribution is 6.32. The second-order valence-corrected chi connectivity index (χ2v) is 5.98. The van der Waals surface area contributed by atoms with E-state index in [9.17, 15) is 14.7 Å². The fourth-order valence-corrected chi connectivity index (χ4v) is 2.57. The van der Waals surface area contributed by atoms with E-state index in [1.165, 1.54) is 7.11 Å². The zero-order chi connectivity index (χ0) is 18.9. The first-order valence-electron chi connectivity index (χ1n) is 8.00. The predicted octanol–water partition coefficient (Wildman–Crippen LogP) is 2.79. The number of para-hydroxylation sites is 2. The maximum atomic E-state index is 11.9. The first-order valence-corrected chi connectivity index (χ1v) is 8.37. The van der Waals surface area contributed by atoms with Crippen LogP contribution in [0.1, 0.15) is 5.56 Å². The minimum atomic E-state index is -0.997. The number of methoxy groups -OCH3 is 1. The van der Waals surface area contributed by atoms with Crippen molar-refractivity contribution in [2.75, 3.05) is 20.3 Å². The van der Waals surface area contributed by atoms with E-state index >= 15 is 0 Å². The molecule has 0 aliphatic carbocycles. The number of hydrogen-bond donors (Lipinski definition) is 2. The Morgan fingerprint density at radius 1 is 1.12 bits per heavy atom. The lowest BCUT2D eigenvalue weighted by Crippen LogP contribution is -2.36. The Balaban J connectivity index is 1.89. The molecule has 0 aliphatic rings. The zero-order valence-electron chi connectivity index (χ0n) is 14.3. The summed E-state index contributed by atoms with van der Waals surface area (Å²) in [4.78, 5) is 23.4. The van der Waals surface area contributed by atoms with Crippen LogP contribution < -0.4 is 14.8 Å². The van der Waals surface area contributed by atoms with Crippen molar-refractivity contribution in [1.29, 1.82) is 0 Å². The number of carbonyl (C=O) groups is 2. The number of nitrogens with one attached hydrogen (secondary N) is 1. The molecule has 0 spiro atoms. The molecule has 2 aromatic carbocycles. The van der Waals surface area contributed by atoms with E-state index in [4.69, 9.17) is 21.1 Å². The number of carboxylic acids is 1. The van der Waals surface area contributed by atoms with Gasteiger partial charge in [-0.25, -0.2) is 0 Å². The van der Waals surface area contributed by atoms with Gasteiger partial charge in [-0.15, -0.1) is 0 Å². The highest BCUT2D eigenvalue weighted by Crippen LogP contribution is 2.23. The first-order chi connectivity index (χ1) is 12.5. The second-order valence-electron chi connectivity index (χ2n) is 5.57. The van der Waals surface area contributed by atoms with E-state index in [0.29, 0.717) is 16.5 Å². The minimum Gasteiger partial charge on any atom is -0.496 e. The summed E-state index contributed by atoms with van der Waals surface area (Å²) in [6.07, 6.45) is 0.241. The van der Waals surface area contributed by atoms with Crippen molar-refractivity contribution in [3.8, 4) is 11.5 Å². The predicted molar refractivity (Wildman–Crippen MR) is 97.8 cm³/mol. The van der Waals surface area contributed by atoms with Gasteiger partial charge < -0.3 is 19.9 Å². The van der Waals surface area contributed by atoms with E-state index < -0.39 is 17.8 Å². The van der Waals surface area contributed by atoms with Crippen LogP contribution in [0.2, 0.25) is 5.02 Å². The number of carboxylic acid groups (broad SMARTS) is 1. The molecule has 0 heterocycles. The smallest absolute Gasteiger partial charge is 0.308 e. The molecule has 2 N–H and O–H groups in total. The monoisotopic (exact) mass is 377 g/mol.